The molecular formula is C11H14N4S. The van der Waals surface area contributed by atoms with E-state index < -0.39 is 0 Å². The van der Waals surface area contributed by atoms with Crippen LogP contribution in [0.25, 0.3) is 10.9 Å². The normalized spacial score (nSPS) is 11.0. The number of nitrogen functional groups attached to an aromatic ring is 1. The molecule has 0 saturated carbocycles. The van der Waals surface area contributed by atoms with Crippen LogP contribution in [0.15, 0.2) is 29.3 Å². The summed E-state index contributed by atoms with van der Waals surface area (Å²) in [5, 5.41) is 2.51. The molecule has 0 bridgehead atoms. The molecule has 0 amide bonds. The zero-order valence-electron chi connectivity index (χ0n) is 9.27. The van der Waals surface area contributed by atoms with Crippen molar-refractivity contribution in [2.45, 2.75) is 24.1 Å². The molecule has 0 atom stereocenters. The summed E-state index contributed by atoms with van der Waals surface area (Å²) in [6.07, 6.45) is 0. The van der Waals surface area contributed by atoms with Crippen molar-refractivity contribution in [3.63, 3.8) is 0 Å². The summed E-state index contributed by atoms with van der Waals surface area (Å²) < 4.78 is 0. The highest BCUT2D eigenvalue weighted by molar-refractivity contribution is 8.00. The quantitative estimate of drug-likeness (QED) is 0.369. The van der Waals surface area contributed by atoms with Crippen molar-refractivity contribution in [2.75, 3.05) is 5.43 Å². The van der Waals surface area contributed by atoms with Crippen molar-refractivity contribution >= 4 is 28.6 Å². The molecule has 0 spiro atoms. The topological polar surface area (TPSA) is 63.8 Å². The third kappa shape index (κ3) is 2.25. The third-order valence-corrected chi connectivity index (χ3v) is 3.05. The van der Waals surface area contributed by atoms with E-state index in [4.69, 9.17) is 5.84 Å². The second-order valence-corrected chi connectivity index (χ2v) is 5.25. The molecule has 5 heteroatoms. The summed E-state index contributed by atoms with van der Waals surface area (Å²) in [6, 6.07) is 7.94. The summed E-state index contributed by atoms with van der Waals surface area (Å²) in [5.41, 5.74) is 3.41. The van der Waals surface area contributed by atoms with E-state index in [1.807, 2.05) is 24.3 Å². The number of thioether (sulfide) groups is 1. The van der Waals surface area contributed by atoms with Crippen LogP contribution in [0.4, 0.5) is 5.95 Å². The maximum Gasteiger partial charge on any atom is 0.238 e. The Morgan fingerprint density at radius 2 is 2.00 bits per heavy atom. The van der Waals surface area contributed by atoms with Crippen LogP contribution in [-0.4, -0.2) is 15.2 Å². The standard InChI is InChI=1S/C11H14N4S/c1-7(2)16-10-8-5-3-4-6-9(8)13-11(14-10)15-12/h3-7H,12H2,1-2H3,(H,13,14,15). The minimum absolute atomic E-state index is 0.460. The largest absolute Gasteiger partial charge is 0.292 e. The lowest BCUT2D eigenvalue weighted by Crippen LogP contribution is -2.11. The first-order valence-corrected chi connectivity index (χ1v) is 5.98. The summed E-state index contributed by atoms with van der Waals surface area (Å²) in [5.74, 6) is 5.82. The molecule has 0 radical (unpaired) electrons. The number of nitrogens with one attached hydrogen (secondary N) is 1. The van der Waals surface area contributed by atoms with Gasteiger partial charge in [0.1, 0.15) is 5.03 Å². The van der Waals surface area contributed by atoms with Gasteiger partial charge in [0.15, 0.2) is 0 Å². The number of benzene rings is 1. The number of aromatic nitrogens is 2. The van der Waals surface area contributed by atoms with Crippen molar-refractivity contribution in [1.29, 1.82) is 0 Å². The monoisotopic (exact) mass is 234 g/mol. The first-order valence-electron chi connectivity index (χ1n) is 5.10. The van der Waals surface area contributed by atoms with Gasteiger partial charge in [-0.1, -0.05) is 32.0 Å². The molecule has 4 nitrogen and oxygen atoms in total. The lowest BCUT2D eigenvalue weighted by Gasteiger charge is -2.09. The molecule has 1 aromatic heterocycles. The molecule has 1 aromatic carbocycles. The molecule has 0 saturated heterocycles. The van der Waals surface area contributed by atoms with Gasteiger partial charge in [0.05, 0.1) is 5.52 Å². The highest BCUT2D eigenvalue weighted by atomic mass is 32.2. The smallest absolute Gasteiger partial charge is 0.238 e. The van der Waals surface area contributed by atoms with Crippen LogP contribution in [0.1, 0.15) is 13.8 Å². The molecule has 0 aliphatic carbocycles. The summed E-state index contributed by atoms with van der Waals surface area (Å²) in [6.45, 7) is 4.27. The minimum Gasteiger partial charge on any atom is -0.292 e. The number of fused-ring (bicyclic) bond motifs is 1. The zero-order valence-corrected chi connectivity index (χ0v) is 10.1. The maximum atomic E-state index is 5.36. The summed E-state index contributed by atoms with van der Waals surface area (Å²) in [4.78, 5) is 8.68. The number of hydrogen-bond acceptors (Lipinski definition) is 5. The molecular weight excluding hydrogens is 220 g/mol. The molecule has 0 aliphatic rings. The number of nitrogens with two attached hydrogens (primary N) is 1. The van der Waals surface area contributed by atoms with Crippen LogP contribution in [0.5, 0.6) is 0 Å². The Balaban J connectivity index is 2.59. The molecule has 2 rings (SSSR count). The summed E-state index contributed by atoms with van der Waals surface area (Å²) >= 11 is 1.71. The van der Waals surface area contributed by atoms with E-state index >= 15 is 0 Å². The number of para-hydroxylation sites is 1. The average Bonchev–Trinajstić information content (AvgIpc) is 2.28. The molecule has 0 unspecified atom stereocenters. The van der Waals surface area contributed by atoms with E-state index in [-0.39, 0.29) is 0 Å². The van der Waals surface area contributed by atoms with E-state index in [2.05, 4.69) is 29.2 Å². The zero-order chi connectivity index (χ0) is 11.5. The fourth-order valence-corrected chi connectivity index (χ4v) is 2.31. The molecule has 1 heterocycles. The SMILES string of the molecule is CC(C)Sc1nc(NN)nc2ccccc12. The van der Waals surface area contributed by atoms with Gasteiger partial charge in [-0.2, -0.15) is 0 Å². The van der Waals surface area contributed by atoms with Gasteiger partial charge in [-0.3, -0.25) is 5.43 Å². The van der Waals surface area contributed by atoms with Gasteiger partial charge in [-0.25, -0.2) is 15.8 Å². The second-order valence-electron chi connectivity index (χ2n) is 3.68. The van der Waals surface area contributed by atoms with Crippen molar-refractivity contribution in [1.82, 2.24) is 9.97 Å². The maximum absolute atomic E-state index is 5.36. The van der Waals surface area contributed by atoms with Gasteiger partial charge < -0.3 is 0 Å². The van der Waals surface area contributed by atoms with E-state index in [0.717, 1.165) is 15.9 Å². The van der Waals surface area contributed by atoms with Crippen molar-refractivity contribution in [2.24, 2.45) is 5.84 Å². The van der Waals surface area contributed by atoms with Gasteiger partial charge in [0.25, 0.3) is 0 Å². The third-order valence-electron chi connectivity index (χ3n) is 2.04. The van der Waals surface area contributed by atoms with Crippen LogP contribution < -0.4 is 11.3 Å². The van der Waals surface area contributed by atoms with Crippen LogP contribution in [0.2, 0.25) is 0 Å². The Hall–Kier alpha value is -1.33. The number of nitrogens with zero attached hydrogens (tertiary/aromatic N) is 2. The van der Waals surface area contributed by atoms with Gasteiger partial charge in [0, 0.05) is 10.6 Å². The molecule has 2 aromatic rings. The second kappa shape index (κ2) is 4.67. The first kappa shape index (κ1) is 11.2. The number of rotatable bonds is 3. The number of hydrogen-bond donors (Lipinski definition) is 2. The van der Waals surface area contributed by atoms with Crippen LogP contribution in [0.3, 0.4) is 0 Å². The number of anilines is 1. The molecule has 0 aliphatic heterocycles. The molecule has 16 heavy (non-hydrogen) atoms. The number of hydrazine groups is 1. The average molecular weight is 234 g/mol. The van der Waals surface area contributed by atoms with E-state index in [9.17, 15) is 0 Å². The lowest BCUT2D eigenvalue weighted by atomic mass is 10.2. The van der Waals surface area contributed by atoms with Crippen molar-refractivity contribution in [3.05, 3.63) is 24.3 Å². The minimum atomic E-state index is 0.460. The van der Waals surface area contributed by atoms with Crippen LogP contribution >= 0.6 is 11.8 Å². The highest BCUT2D eigenvalue weighted by Gasteiger charge is 2.08. The van der Waals surface area contributed by atoms with E-state index in [0.29, 0.717) is 11.2 Å². The van der Waals surface area contributed by atoms with E-state index in [1.165, 1.54) is 0 Å². The van der Waals surface area contributed by atoms with Crippen molar-refractivity contribution < 1.29 is 0 Å². The Morgan fingerprint density at radius 3 is 2.69 bits per heavy atom. The Labute approximate surface area is 98.6 Å². The van der Waals surface area contributed by atoms with Gasteiger partial charge in [-0.15, -0.1) is 11.8 Å². The van der Waals surface area contributed by atoms with Gasteiger partial charge in [-0.05, 0) is 6.07 Å². The first-order chi connectivity index (χ1) is 7.70. The van der Waals surface area contributed by atoms with E-state index in [1.54, 1.807) is 11.8 Å². The Morgan fingerprint density at radius 1 is 1.25 bits per heavy atom. The highest BCUT2D eigenvalue weighted by Crippen LogP contribution is 2.28. The molecule has 84 valence electrons. The van der Waals surface area contributed by atoms with Crippen LogP contribution in [0, 0.1) is 0 Å². The lowest BCUT2D eigenvalue weighted by molar-refractivity contribution is 1.05. The fourth-order valence-electron chi connectivity index (χ4n) is 1.43. The molecule has 0 fully saturated rings. The van der Waals surface area contributed by atoms with Crippen molar-refractivity contribution in [3.8, 4) is 0 Å². The Kier molecular flexibility index (Phi) is 3.26. The van der Waals surface area contributed by atoms with Gasteiger partial charge in [0.2, 0.25) is 5.95 Å². The van der Waals surface area contributed by atoms with Gasteiger partial charge >= 0.3 is 0 Å². The predicted molar refractivity (Wildman–Crippen MR) is 68.3 cm³/mol. The van der Waals surface area contributed by atoms with Crippen LogP contribution in [-0.2, 0) is 0 Å². The predicted octanol–water partition coefficient (Wildman–Crippen LogP) is 2.42. The fraction of sp³-hybridized carbons (Fsp3) is 0.273. The molecule has 3 N–H and O–H groups in total. The summed E-state index contributed by atoms with van der Waals surface area (Å²) in [7, 11) is 0. The Bertz CT molecular complexity index is 498.